The van der Waals surface area contributed by atoms with Gasteiger partial charge in [0.25, 0.3) is 5.91 Å². The second-order valence-electron chi connectivity index (χ2n) is 4.71. The summed E-state index contributed by atoms with van der Waals surface area (Å²) in [5, 5.41) is 12.4. The summed E-state index contributed by atoms with van der Waals surface area (Å²) in [5.41, 5.74) is 0.121. The third-order valence-electron chi connectivity index (χ3n) is 3.26. The van der Waals surface area contributed by atoms with Gasteiger partial charge in [-0.25, -0.2) is 4.39 Å². The van der Waals surface area contributed by atoms with E-state index in [0.717, 1.165) is 32.0 Å². The number of phenols is 1. The van der Waals surface area contributed by atoms with Crippen LogP contribution < -0.4 is 5.32 Å². The van der Waals surface area contributed by atoms with E-state index < -0.39 is 5.82 Å². The van der Waals surface area contributed by atoms with E-state index in [-0.39, 0.29) is 23.3 Å². The highest BCUT2D eigenvalue weighted by atomic mass is 19.1. The molecule has 1 aromatic rings. The van der Waals surface area contributed by atoms with Crippen molar-refractivity contribution in [3.05, 3.63) is 29.6 Å². The first-order chi connectivity index (χ1) is 8.56. The van der Waals surface area contributed by atoms with Gasteiger partial charge in [0, 0.05) is 12.1 Å². The van der Waals surface area contributed by atoms with Gasteiger partial charge in [0.2, 0.25) is 0 Å². The van der Waals surface area contributed by atoms with Crippen molar-refractivity contribution in [2.24, 2.45) is 0 Å². The summed E-state index contributed by atoms with van der Waals surface area (Å²) in [4.78, 5) is 14.1. The summed E-state index contributed by atoms with van der Waals surface area (Å²) >= 11 is 0. The van der Waals surface area contributed by atoms with Crippen LogP contribution in [0.15, 0.2) is 18.2 Å². The number of phenolic OH excluding ortho intramolecular Hbond substituents is 1. The molecule has 0 spiro atoms. The van der Waals surface area contributed by atoms with Crippen LogP contribution in [0.4, 0.5) is 4.39 Å². The summed E-state index contributed by atoms with van der Waals surface area (Å²) in [6.45, 7) is 1.89. The molecule has 0 aromatic heterocycles. The molecule has 1 heterocycles. The Hall–Kier alpha value is -1.62. The zero-order chi connectivity index (χ0) is 13.1. The third-order valence-corrected chi connectivity index (χ3v) is 3.26. The van der Waals surface area contributed by atoms with E-state index in [1.807, 2.05) is 7.05 Å². The topological polar surface area (TPSA) is 52.6 Å². The van der Waals surface area contributed by atoms with Crippen molar-refractivity contribution in [2.45, 2.75) is 18.9 Å². The molecule has 98 valence electrons. The first kappa shape index (κ1) is 12.8. The van der Waals surface area contributed by atoms with Crippen LogP contribution in [0.2, 0.25) is 0 Å². The summed E-state index contributed by atoms with van der Waals surface area (Å²) < 4.78 is 12.8. The predicted octanol–water partition coefficient (Wildman–Crippen LogP) is 1.36. The highest BCUT2D eigenvalue weighted by Crippen LogP contribution is 2.18. The summed E-state index contributed by atoms with van der Waals surface area (Å²) in [7, 11) is 2.05. The van der Waals surface area contributed by atoms with Gasteiger partial charge < -0.3 is 15.3 Å². The number of hydrogen-bond acceptors (Lipinski definition) is 3. The van der Waals surface area contributed by atoms with E-state index in [0.29, 0.717) is 0 Å². The van der Waals surface area contributed by atoms with Crippen LogP contribution in [-0.4, -0.2) is 42.1 Å². The number of hydrogen-bond donors (Lipinski definition) is 2. The zero-order valence-electron chi connectivity index (χ0n) is 10.3. The maximum atomic E-state index is 12.8. The molecule has 2 rings (SSSR count). The SMILES string of the molecule is CN1CCC(NC(=O)c2ccc(F)cc2O)CC1. The van der Waals surface area contributed by atoms with Crippen molar-refractivity contribution in [3.8, 4) is 5.75 Å². The van der Waals surface area contributed by atoms with Gasteiger partial charge in [-0.05, 0) is 45.1 Å². The van der Waals surface area contributed by atoms with Gasteiger partial charge in [-0.3, -0.25) is 4.79 Å². The lowest BCUT2D eigenvalue weighted by Crippen LogP contribution is -2.43. The van der Waals surface area contributed by atoms with Crippen molar-refractivity contribution in [1.82, 2.24) is 10.2 Å². The Bertz CT molecular complexity index is 443. The summed E-state index contributed by atoms with van der Waals surface area (Å²) in [6.07, 6.45) is 1.79. The molecule has 1 saturated heterocycles. The van der Waals surface area contributed by atoms with Crippen LogP contribution in [0.5, 0.6) is 5.75 Å². The predicted molar refractivity (Wildman–Crippen MR) is 66.1 cm³/mol. The summed E-state index contributed by atoms with van der Waals surface area (Å²) in [5.74, 6) is -1.22. The van der Waals surface area contributed by atoms with Gasteiger partial charge in [-0.2, -0.15) is 0 Å². The van der Waals surface area contributed by atoms with E-state index >= 15 is 0 Å². The van der Waals surface area contributed by atoms with Crippen LogP contribution in [0.3, 0.4) is 0 Å². The fraction of sp³-hybridized carbons (Fsp3) is 0.462. The minimum Gasteiger partial charge on any atom is -0.507 e. The molecule has 0 atom stereocenters. The lowest BCUT2D eigenvalue weighted by Gasteiger charge is -2.29. The number of carbonyl (C=O) groups excluding carboxylic acids is 1. The fourth-order valence-electron chi connectivity index (χ4n) is 2.11. The number of likely N-dealkylation sites (tertiary alicyclic amines) is 1. The molecule has 1 aliphatic heterocycles. The Morgan fingerprint density at radius 2 is 2.11 bits per heavy atom. The quantitative estimate of drug-likeness (QED) is 0.835. The third kappa shape index (κ3) is 2.98. The number of nitrogens with zero attached hydrogens (tertiary/aromatic N) is 1. The summed E-state index contributed by atoms with van der Waals surface area (Å²) in [6, 6.07) is 3.54. The molecule has 4 nitrogen and oxygen atoms in total. The van der Waals surface area contributed by atoms with E-state index in [1.54, 1.807) is 0 Å². The molecule has 1 fully saturated rings. The minimum absolute atomic E-state index is 0.121. The van der Waals surface area contributed by atoms with Gasteiger partial charge in [0.05, 0.1) is 5.56 Å². The van der Waals surface area contributed by atoms with Crippen molar-refractivity contribution in [2.75, 3.05) is 20.1 Å². The van der Waals surface area contributed by atoms with Gasteiger partial charge in [0.15, 0.2) is 0 Å². The Morgan fingerprint density at radius 1 is 1.44 bits per heavy atom. The van der Waals surface area contributed by atoms with Gasteiger partial charge >= 0.3 is 0 Å². The Labute approximate surface area is 105 Å². The molecule has 0 saturated carbocycles. The Kier molecular flexibility index (Phi) is 3.81. The number of halogens is 1. The highest BCUT2D eigenvalue weighted by Gasteiger charge is 2.20. The maximum absolute atomic E-state index is 12.8. The first-order valence-corrected chi connectivity index (χ1v) is 6.04. The molecule has 1 aromatic carbocycles. The minimum atomic E-state index is -0.552. The molecule has 5 heteroatoms. The second kappa shape index (κ2) is 5.35. The normalized spacial score (nSPS) is 17.7. The lowest BCUT2D eigenvalue weighted by atomic mass is 10.0. The number of benzene rings is 1. The van der Waals surface area contributed by atoms with Crippen LogP contribution in [0.1, 0.15) is 23.2 Å². The van der Waals surface area contributed by atoms with Crippen LogP contribution in [0.25, 0.3) is 0 Å². The second-order valence-corrected chi connectivity index (χ2v) is 4.71. The van der Waals surface area contributed by atoms with Crippen molar-refractivity contribution in [3.63, 3.8) is 0 Å². The van der Waals surface area contributed by atoms with E-state index in [9.17, 15) is 14.3 Å². The van der Waals surface area contributed by atoms with Crippen molar-refractivity contribution in [1.29, 1.82) is 0 Å². The molecule has 0 aliphatic carbocycles. The van der Waals surface area contributed by atoms with E-state index in [2.05, 4.69) is 10.2 Å². The molecule has 0 radical (unpaired) electrons. The number of piperidine rings is 1. The van der Waals surface area contributed by atoms with E-state index in [4.69, 9.17) is 0 Å². The Balaban J connectivity index is 1.99. The molecular weight excluding hydrogens is 235 g/mol. The number of nitrogens with one attached hydrogen (secondary N) is 1. The molecule has 1 amide bonds. The molecular formula is C13H17FN2O2. The van der Waals surface area contributed by atoms with Gasteiger partial charge in [-0.15, -0.1) is 0 Å². The lowest BCUT2D eigenvalue weighted by molar-refractivity contribution is 0.0914. The average Bonchev–Trinajstić information content (AvgIpc) is 2.32. The number of amides is 1. The number of carbonyl (C=O) groups is 1. The maximum Gasteiger partial charge on any atom is 0.255 e. The van der Waals surface area contributed by atoms with Crippen molar-refractivity contribution >= 4 is 5.91 Å². The molecule has 0 unspecified atom stereocenters. The van der Waals surface area contributed by atoms with Gasteiger partial charge in [0.1, 0.15) is 11.6 Å². The van der Waals surface area contributed by atoms with Gasteiger partial charge in [-0.1, -0.05) is 0 Å². The number of rotatable bonds is 2. The molecule has 1 aliphatic rings. The zero-order valence-corrected chi connectivity index (χ0v) is 10.3. The fourth-order valence-corrected chi connectivity index (χ4v) is 2.11. The van der Waals surface area contributed by atoms with Crippen LogP contribution in [-0.2, 0) is 0 Å². The van der Waals surface area contributed by atoms with Crippen LogP contribution >= 0.6 is 0 Å². The molecule has 18 heavy (non-hydrogen) atoms. The van der Waals surface area contributed by atoms with Crippen molar-refractivity contribution < 1.29 is 14.3 Å². The van der Waals surface area contributed by atoms with E-state index in [1.165, 1.54) is 12.1 Å². The largest absolute Gasteiger partial charge is 0.507 e. The molecule has 0 bridgehead atoms. The molecule has 2 N–H and O–H groups in total. The van der Waals surface area contributed by atoms with Crippen LogP contribution in [0, 0.1) is 5.82 Å². The smallest absolute Gasteiger partial charge is 0.255 e. The average molecular weight is 252 g/mol. The highest BCUT2D eigenvalue weighted by molar-refractivity contribution is 5.96. The number of aromatic hydroxyl groups is 1. The Morgan fingerprint density at radius 3 is 2.72 bits per heavy atom. The first-order valence-electron chi connectivity index (χ1n) is 6.04. The standard InChI is InChI=1S/C13H17FN2O2/c1-16-6-4-10(5-7-16)15-13(18)11-3-2-9(14)8-12(11)17/h2-3,8,10,17H,4-7H2,1H3,(H,15,18). The monoisotopic (exact) mass is 252 g/mol.